The van der Waals surface area contributed by atoms with E-state index >= 15 is 0 Å². The molecule has 26 heavy (non-hydrogen) atoms. The third-order valence-electron chi connectivity index (χ3n) is 4.90. The molecule has 0 radical (unpaired) electrons. The SMILES string of the molecule is CC(=O)N1CCc2c(COc3cc(C)c(Cl)cc3C(C)(C)C)n[nH]c2C1. The number of fused-ring (bicyclic) bond motifs is 1. The van der Waals surface area contributed by atoms with Crippen LogP contribution in [-0.2, 0) is 29.8 Å². The summed E-state index contributed by atoms with van der Waals surface area (Å²) in [7, 11) is 0. The van der Waals surface area contributed by atoms with Gasteiger partial charge in [-0.05, 0) is 36.5 Å². The number of aryl methyl sites for hydroxylation is 1. The minimum absolute atomic E-state index is 0.0698. The number of halogens is 1. The second kappa shape index (κ2) is 6.95. The van der Waals surface area contributed by atoms with E-state index in [0.29, 0.717) is 13.2 Å². The molecule has 1 aliphatic rings. The molecule has 5 nitrogen and oxygen atoms in total. The first-order valence-corrected chi connectivity index (χ1v) is 9.28. The first-order chi connectivity index (χ1) is 12.2. The summed E-state index contributed by atoms with van der Waals surface area (Å²) in [6, 6.07) is 4.00. The third-order valence-corrected chi connectivity index (χ3v) is 5.30. The lowest BCUT2D eigenvalue weighted by Gasteiger charge is -2.26. The Hall–Kier alpha value is -2.01. The highest BCUT2D eigenvalue weighted by Crippen LogP contribution is 2.36. The number of hydrogen-bond donors (Lipinski definition) is 1. The molecule has 0 saturated carbocycles. The van der Waals surface area contributed by atoms with Gasteiger partial charge in [-0.25, -0.2) is 0 Å². The molecule has 0 saturated heterocycles. The first kappa shape index (κ1) is 18.8. The normalized spacial score (nSPS) is 14.3. The van der Waals surface area contributed by atoms with E-state index in [0.717, 1.165) is 46.3 Å². The molecular formula is C20H26ClN3O2. The smallest absolute Gasteiger partial charge is 0.219 e. The van der Waals surface area contributed by atoms with E-state index in [1.165, 1.54) is 5.56 Å². The second-order valence-corrected chi connectivity index (χ2v) is 8.36. The zero-order valence-corrected chi connectivity index (χ0v) is 16.8. The highest BCUT2D eigenvalue weighted by molar-refractivity contribution is 6.31. The highest BCUT2D eigenvalue weighted by Gasteiger charge is 2.24. The molecule has 0 atom stereocenters. The Morgan fingerprint density at radius 3 is 2.77 bits per heavy atom. The van der Waals surface area contributed by atoms with E-state index in [2.05, 4.69) is 31.0 Å². The summed E-state index contributed by atoms with van der Waals surface area (Å²) in [5.74, 6) is 0.937. The van der Waals surface area contributed by atoms with Gasteiger partial charge in [0.1, 0.15) is 18.1 Å². The van der Waals surface area contributed by atoms with Gasteiger partial charge in [0.15, 0.2) is 0 Å². The average molecular weight is 376 g/mol. The maximum absolute atomic E-state index is 11.6. The Morgan fingerprint density at radius 2 is 2.12 bits per heavy atom. The quantitative estimate of drug-likeness (QED) is 0.876. The zero-order valence-electron chi connectivity index (χ0n) is 16.1. The van der Waals surface area contributed by atoms with Gasteiger partial charge in [-0.15, -0.1) is 0 Å². The average Bonchev–Trinajstić information content (AvgIpc) is 2.96. The van der Waals surface area contributed by atoms with E-state index in [9.17, 15) is 4.79 Å². The summed E-state index contributed by atoms with van der Waals surface area (Å²) < 4.78 is 6.16. The summed E-state index contributed by atoms with van der Waals surface area (Å²) in [4.78, 5) is 13.4. The Morgan fingerprint density at radius 1 is 1.38 bits per heavy atom. The van der Waals surface area contributed by atoms with Crippen molar-refractivity contribution in [3.05, 3.63) is 45.2 Å². The molecule has 2 heterocycles. The van der Waals surface area contributed by atoms with Gasteiger partial charge in [0.25, 0.3) is 0 Å². The molecule has 0 bridgehead atoms. The van der Waals surface area contributed by atoms with Crippen molar-refractivity contribution in [3.63, 3.8) is 0 Å². The fourth-order valence-corrected chi connectivity index (χ4v) is 3.45. The van der Waals surface area contributed by atoms with Gasteiger partial charge in [0, 0.05) is 29.6 Å². The molecule has 140 valence electrons. The summed E-state index contributed by atoms with van der Waals surface area (Å²) in [6.45, 7) is 11.7. The maximum atomic E-state index is 11.6. The van der Waals surface area contributed by atoms with Crippen LogP contribution in [0.25, 0.3) is 0 Å². The second-order valence-electron chi connectivity index (χ2n) is 7.95. The molecule has 1 aliphatic heterocycles. The van der Waals surface area contributed by atoms with Gasteiger partial charge in [0.2, 0.25) is 5.91 Å². The number of carbonyl (C=O) groups excluding carboxylic acids is 1. The fraction of sp³-hybridized carbons (Fsp3) is 0.500. The molecule has 2 aromatic rings. The molecular weight excluding hydrogens is 350 g/mol. The van der Waals surface area contributed by atoms with Crippen LogP contribution in [0, 0.1) is 6.92 Å². The van der Waals surface area contributed by atoms with Crippen molar-refractivity contribution in [2.24, 2.45) is 0 Å². The monoisotopic (exact) mass is 375 g/mol. The zero-order chi connectivity index (χ0) is 19.1. The van der Waals surface area contributed by atoms with Crippen molar-refractivity contribution in [1.29, 1.82) is 0 Å². The Labute approximate surface area is 159 Å². The molecule has 1 amide bonds. The number of aromatic amines is 1. The summed E-state index contributed by atoms with van der Waals surface area (Å²) in [5, 5.41) is 8.25. The molecule has 1 aromatic carbocycles. The number of ether oxygens (including phenoxy) is 1. The summed E-state index contributed by atoms with van der Waals surface area (Å²) >= 11 is 6.32. The molecule has 0 spiro atoms. The number of amides is 1. The Bertz CT molecular complexity index is 836. The predicted octanol–water partition coefficient (Wildman–Crippen LogP) is 4.15. The molecule has 0 aliphatic carbocycles. The largest absolute Gasteiger partial charge is 0.487 e. The number of hydrogen-bond acceptors (Lipinski definition) is 3. The van der Waals surface area contributed by atoms with E-state index in [1.54, 1.807) is 6.92 Å². The van der Waals surface area contributed by atoms with Gasteiger partial charge >= 0.3 is 0 Å². The molecule has 6 heteroatoms. The number of nitrogens with one attached hydrogen (secondary N) is 1. The maximum Gasteiger partial charge on any atom is 0.219 e. The molecule has 3 rings (SSSR count). The van der Waals surface area contributed by atoms with Crippen LogP contribution in [0.1, 0.15) is 55.8 Å². The van der Waals surface area contributed by atoms with Crippen LogP contribution in [0.15, 0.2) is 12.1 Å². The number of benzene rings is 1. The molecule has 0 unspecified atom stereocenters. The topological polar surface area (TPSA) is 58.2 Å². The lowest BCUT2D eigenvalue weighted by atomic mass is 9.86. The highest BCUT2D eigenvalue weighted by atomic mass is 35.5. The Kier molecular flexibility index (Phi) is 5.02. The van der Waals surface area contributed by atoms with Crippen molar-refractivity contribution >= 4 is 17.5 Å². The van der Waals surface area contributed by atoms with E-state index in [1.807, 2.05) is 24.0 Å². The van der Waals surface area contributed by atoms with Crippen molar-refractivity contribution in [2.45, 2.75) is 59.6 Å². The van der Waals surface area contributed by atoms with Crippen molar-refractivity contribution in [1.82, 2.24) is 15.1 Å². The van der Waals surface area contributed by atoms with Gasteiger partial charge < -0.3 is 9.64 Å². The van der Waals surface area contributed by atoms with E-state index in [-0.39, 0.29) is 11.3 Å². The molecule has 1 aromatic heterocycles. The standard InChI is InChI=1S/C20H26ClN3O2/c1-12-8-19(15(9-16(12)21)20(3,4)5)26-11-18-14-6-7-24(13(2)25)10-17(14)22-23-18/h8-9H,6-7,10-11H2,1-5H3,(H,22,23). The number of rotatable bonds is 3. The van der Waals surface area contributed by atoms with Crippen molar-refractivity contribution in [3.8, 4) is 5.75 Å². The third kappa shape index (κ3) is 3.73. The lowest BCUT2D eigenvalue weighted by Crippen LogP contribution is -2.34. The number of nitrogens with zero attached hydrogens (tertiary/aromatic N) is 2. The summed E-state index contributed by atoms with van der Waals surface area (Å²) in [5.41, 5.74) is 5.10. The van der Waals surface area contributed by atoms with Crippen LogP contribution in [0.5, 0.6) is 5.75 Å². The van der Waals surface area contributed by atoms with E-state index < -0.39 is 0 Å². The predicted molar refractivity (Wildman–Crippen MR) is 103 cm³/mol. The minimum Gasteiger partial charge on any atom is -0.487 e. The van der Waals surface area contributed by atoms with Gasteiger partial charge in [-0.2, -0.15) is 5.10 Å². The van der Waals surface area contributed by atoms with Crippen molar-refractivity contribution in [2.75, 3.05) is 6.54 Å². The number of H-pyrrole nitrogens is 1. The van der Waals surface area contributed by atoms with Crippen LogP contribution < -0.4 is 4.74 Å². The fourth-order valence-electron chi connectivity index (χ4n) is 3.28. The van der Waals surface area contributed by atoms with Crippen LogP contribution in [0.4, 0.5) is 0 Å². The van der Waals surface area contributed by atoms with Gasteiger partial charge in [0.05, 0.1) is 12.2 Å². The van der Waals surface area contributed by atoms with E-state index in [4.69, 9.17) is 16.3 Å². The first-order valence-electron chi connectivity index (χ1n) is 8.90. The Balaban J connectivity index is 1.81. The van der Waals surface area contributed by atoms with Crippen molar-refractivity contribution < 1.29 is 9.53 Å². The molecule has 1 N–H and O–H groups in total. The van der Waals surface area contributed by atoms with Crippen LogP contribution in [0.3, 0.4) is 0 Å². The van der Waals surface area contributed by atoms with Crippen LogP contribution in [-0.4, -0.2) is 27.5 Å². The minimum atomic E-state index is -0.0698. The number of aromatic nitrogens is 2. The van der Waals surface area contributed by atoms with Crippen LogP contribution in [0.2, 0.25) is 5.02 Å². The van der Waals surface area contributed by atoms with Gasteiger partial charge in [-0.3, -0.25) is 9.89 Å². The lowest BCUT2D eigenvalue weighted by molar-refractivity contribution is -0.129. The molecule has 0 fully saturated rings. The van der Waals surface area contributed by atoms with Crippen LogP contribution >= 0.6 is 11.6 Å². The number of carbonyl (C=O) groups is 1. The van der Waals surface area contributed by atoms with Gasteiger partial charge in [-0.1, -0.05) is 32.4 Å². The summed E-state index contributed by atoms with van der Waals surface area (Å²) in [6.07, 6.45) is 0.801.